The minimum absolute atomic E-state index is 0.252. The number of hydrazine groups is 1. The summed E-state index contributed by atoms with van der Waals surface area (Å²) in [6.07, 6.45) is 0. The molecule has 0 fully saturated rings. The Balaban J connectivity index is 1.78. The van der Waals surface area contributed by atoms with Crippen LogP contribution >= 0.6 is 23.8 Å². The Morgan fingerprint density at radius 3 is 2.38 bits per heavy atom. The summed E-state index contributed by atoms with van der Waals surface area (Å²) in [5, 5.41) is 3.95. The summed E-state index contributed by atoms with van der Waals surface area (Å²) in [7, 11) is 0. The second kappa shape index (κ2) is 7.61. The van der Waals surface area contributed by atoms with Crippen molar-refractivity contribution < 1.29 is 4.79 Å². The first kappa shape index (κ1) is 15.3. The van der Waals surface area contributed by atoms with Crippen LogP contribution in [-0.4, -0.2) is 11.0 Å². The molecular weight excluding hydrogens is 306 g/mol. The van der Waals surface area contributed by atoms with E-state index in [1.807, 2.05) is 30.3 Å². The zero-order chi connectivity index (χ0) is 15.1. The van der Waals surface area contributed by atoms with Crippen LogP contribution in [0.5, 0.6) is 0 Å². The Bertz CT molecular complexity index is 634. The summed E-state index contributed by atoms with van der Waals surface area (Å²) >= 11 is 11.1. The number of hydrogen-bond donors (Lipinski definition) is 3. The third-order valence-corrected chi connectivity index (χ3v) is 3.34. The van der Waals surface area contributed by atoms with Gasteiger partial charge in [-0.05, 0) is 36.0 Å². The minimum Gasteiger partial charge on any atom is -0.357 e. The summed E-state index contributed by atoms with van der Waals surface area (Å²) in [4.78, 5) is 11.8. The number of amides is 1. The van der Waals surface area contributed by atoms with Crippen LogP contribution in [0.4, 0.5) is 0 Å². The molecule has 0 radical (unpaired) electrons. The summed E-state index contributed by atoms with van der Waals surface area (Å²) in [5.74, 6) is -0.252. The highest BCUT2D eigenvalue weighted by atomic mass is 35.5. The quantitative estimate of drug-likeness (QED) is 0.601. The van der Waals surface area contributed by atoms with E-state index in [0.29, 0.717) is 22.2 Å². The van der Waals surface area contributed by atoms with E-state index in [4.69, 9.17) is 23.8 Å². The van der Waals surface area contributed by atoms with Gasteiger partial charge in [0.25, 0.3) is 5.91 Å². The van der Waals surface area contributed by atoms with Crippen molar-refractivity contribution in [2.24, 2.45) is 0 Å². The molecule has 0 atom stereocenters. The predicted octanol–water partition coefficient (Wildman–Crippen LogP) is 2.65. The van der Waals surface area contributed by atoms with Crippen molar-refractivity contribution in [3.63, 3.8) is 0 Å². The van der Waals surface area contributed by atoms with Gasteiger partial charge in [0, 0.05) is 17.1 Å². The molecule has 4 nitrogen and oxygen atoms in total. The van der Waals surface area contributed by atoms with E-state index in [1.165, 1.54) is 0 Å². The molecule has 0 saturated carbocycles. The number of carbonyl (C=O) groups is 1. The van der Waals surface area contributed by atoms with Gasteiger partial charge >= 0.3 is 0 Å². The Labute approximate surface area is 133 Å². The number of rotatable bonds is 3. The van der Waals surface area contributed by atoms with Crippen molar-refractivity contribution in [1.29, 1.82) is 0 Å². The Kier molecular flexibility index (Phi) is 5.54. The zero-order valence-electron chi connectivity index (χ0n) is 11.1. The second-order valence-corrected chi connectivity index (χ2v) is 5.03. The van der Waals surface area contributed by atoms with Crippen LogP contribution in [0.25, 0.3) is 0 Å². The summed E-state index contributed by atoms with van der Waals surface area (Å²) in [5.41, 5.74) is 6.66. The fourth-order valence-electron chi connectivity index (χ4n) is 1.64. The molecule has 108 valence electrons. The molecule has 0 aromatic heterocycles. The van der Waals surface area contributed by atoms with Gasteiger partial charge in [0.2, 0.25) is 0 Å². The van der Waals surface area contributed by atoms with Crippen molar-refractivity contribution in [3.05, 3.63) is 70.7 Å². The van der Waals surface area contributed by atoms with Gasteiger partial charge < -0.3 is 5.32 Å². The Morgan fingerprint density at radius 2 is 1.67 bits per heavy atom. The molecule has 0 aliphatic carbocycles. The van der Waals surface area contributed by atoms with Gasteiger partial charge in [-0.25, -0.2) is 0 Å². The fourth-order valence-corrected chi connectivity index (χ4v) is 1.96. The lowest BCUT2D eigenvalue weighted by Gasteiger charge is -2.12. The molecule has 0 unspecified atom stereocenters. The van der Waals surface area contributed by atoms with Crippen molar-refractivity contribution >= 4 is 34.8 Å². The third-order valence-electron chi connectivity index (χ3n) is 2.72. The van der Waals surface area contributed by atoms with E-state index in [0.717, 1.165) is 5.56 Å². The largest absolute Gasteiger partial charge is 0.357 e. The molecule has 2 rings (SSSR count). The lowest BCUT2D eigenvalue weighted by molar-refractivity contribution is 0.0943. The molecule has 0 heterocycles. The van der Waals surface area contributed by atoms with Gasteiger partial charge in [0.1, 0.15) is 0 Å². The molecule has 0 aliphatic heterocycles. The van der Waals surface area contributed by atoms with Gasteiger partial charge in [-0.3, -0.25) is 15.6 Å². The van der Waals surface area contributed by atoms with Crippen LogP contribution in [-0.2, 0) is 6.54 Å². The average molecular weight is 320 g/mol. The van der Waals surface area contributed by atoms with Crippen LogP contribution in [0.1, 0.15) is 15.9 Å². The molecule has 1 amide bonds. The van der Waals surface area contributed by atoms with Crippen LogP contribution in [0.2, 0.25) is 5.02 Å². The first-order valence-electron chi connectivity index (χ1n) is 6.29. The minimum atomic E-state index is -0.252. The first-order chi connectivity index (χ1) is 10.2. The molecule has 2 aromatic carbocycles. The van der Waals surface area contributed by atoms with Crippen LogP contribution in [0.15, 0.2) is 54.6 Å². The molecule has 6 heteroatoms. The Morgan fingerprint density at radius 1 is 1.00 bits per heavy atom. The maximum absolute atomic E-state index is 11.8. The van der Waals surface area contributed by atoms with E-state index < -0.39 is 0 Å². The van der Waals surface area contributed by atoms with Gasteiger partial charge in [0.15, 0.2) is 5.11 Å². The lowest BCUT2D eigenvalue weighted by Crippen LogP contribution is -2.46. The standard InChI is InChI=1S/C15H14ClN3OS/c16-13-9-5-4-8-12(13)10-17-15(21)19-18-14(20)11-6-2-1-3-7-11/h1-9H,10H2,(H,18,20)(H2,17,19,21). The average Bonchev–Trinajstić information content (AvgIpc) is 2.52. The van der Waals surface area contributed by atoms with Crippen LogP contribution in [0.3, 0.4) is 0 Å². The maximum atomic E-state index is 11.8. The topological polar surface area (TPSA) is 53.2 Å². The molecule has 0 bridgehead atoms. The van der Waals surface area contributed by atoms with E-state index in [2.05, 4.69) is 16.2 Å². The van der Waals surface area contributed by atoms with E-state index in [1.54, 1.807) is 24.3 Å². The third kappa shape index (κ3) is 4.73. The molecule has 21 heavy (non-hydrogen) atoms. The highest BCUT2D eigenvalue weighted by Crippen LogP contribution is 2.14. The maximum Gasteiger partial charge on any atom is 0.269 e. The van der Waals surface area contributed by atoms with Gasteiger partial charge in [-0.1, -0.05) is 48.0 Å². The van der Waals surface area contributed by atoms with Crippen molar-refractivity contribution in [2.45, 2.75) is 6.54 Å². The first-order valence-corrected chi connectivity index (χ1v) is 7.08. The molecule has 0 spiro atoms. The lowest BCUT2D eigenvalue weighted by atomic mass is 10.2. The normalized spacial score (nSPS) is 9.76. The number of hydrogen-bond acceptors (Lipinski definition) is 2. The second-order valence-electron chi connectivity index (χ2n) is 4.22. The fraction of sp³-hybridized carbons (Fsp3) is 0.0667. The zero-order valence-corrected chi connectivity index (χ0v) is 12.7. The Hall–Kier alpha value is -2.11. The number of thiocarbonyl (C=S) groups is 1. The van der Waals surface area contributed by atoms with Gasteiger partial charge in [-0.2, -0.15) is 0 Å². The predicted molar refractivity (Wildman–Crippen MR) is 87.9 cm³/mol. The highest BCUT2D eigenvalue weighted by Gasteiger charge is 2.05. The van der Waals surface area contributed by atoms with Gasteiger partial charge in [-0.15, -0.1) is 0 Å². The molecule has 3 N–H and O–H groups in total. The van der Waals surface area contributed by atoms with Crippen LogP contribution in [0, 0.1) is 0 Å². The number of benzene rings is 2. The van der Waals surface area contributed by atoms with Crippen molar-refractivity contribution in [3.8, 4) is 0 Å². The van der Waals surface area contributed by atoms with E-state index in [9.17, 15) is 4.79 Å². The molecule has 2 aromatic rings. The van der Waals surface area contributed by atoms with Crippen LogP contribution < -0.4 is 16.2 Å². The summed E-state index contributed by atoms with van der Waals surface area (Å²) < 4.78 is 0. The number of halogens is 1. The summed E-state index contributed by atoms with van der Waals surface area (Å²) in [6, 6.07) is 16.4. The van der Waals surface area contributed by atoms with Crippen molar-refractivity contribution in [1.82, 2.24) is 16.2 Å². The van der Waals surface area contributed by atoms with Gasteiger partial charge in [0.05, 0.1) is 0 Å². The number of carbonyl (C=O) groups excluding carboxylic acids is 1. The summed E-state index contributed by atoms with van der Waals surface area (Å²) in [6.45, 7) is 0.479. The molecule has 0 saturated heterocycles. The van der Waals surface area contributed by atoms with E-state index in [-0.39, 0.29) is 5.91 Å². The number of nitrogens with one attached hydrogen (secondary N) is 3. The van der Waals surface area contributed by atoms with E-state index >= 15 is 0 Å². The molecule has 0 aliphatic rings. The molecular formula is C15H14ClN3OS. The monoisotopic (exact) mass is 319 g/mol. The smallest absolute Gasteiger partial charge is 0.269 e. The SMILES string of the molecule is O=C(NNC(=S)NCc1ccccc1Cl)c1ccccc1. The highest BCUT2D eigenvalue weighted by molar-refractivity contribution is 7.80. The van der Waals surface area contributed by atoms with Crippen molar-refractivity contribution in [2.75, 3.05) is 0 Å².